The lowest BCUT2D eigenvalue weighted by Crippen LogP contribution is -2.05. The maximum absolute atomic E-state index is 12.3. The van der Waals surface area contributed by atoms with Crippen LogP contribution in [0.4, 0.5) is 0 Å². The Morgan fingerprint density at radius 3 is 2.89 bits per heavy atom. The molecule has 3 aromatic rings. The second-order valence-corrected chi connectivity index (χ2v) is 4.51. The van der Waals surface area contributed by atoms with Gasteiger partial charge in [0.05, 0.1) is 17.7 Å². The van der Waals surface area contributed by atoms with Gasteiger partial charge in [0, 0.05) is 11.6 Å². The average molecular weight is 251 g/mol. The Morgan fingerprint density at radius 1 is 1.21 bits per heavy atom. The summed E-state index contributed by atoms with van der Waals surface area (Å²) in [6, 6.07) is 11.4. The molecule has 2 aromatic heterocycles. The molecule has 0 aliphatic heterocycles. The van der Waals surface area contributed by atoms with Crippen LogP contribution in [0.3, 0.4) is 0 Å². The molecule has 1 aromatic carbocycles. The molecule has 3 heteroatoms. The van der Waals surface area contributed by atoms with Crippen molar-refractivity contribution in [2.24, 2.45) is 0 Å². The summed E-state index contributed by atoms with van der Waals surface area (Å²) in [7, 11) is 0. The van der Waals surface area contributed by atoms with Crippen LogP contribution in [0.25, 0.3) is 11.0 Å². The van der Waals surface area contributed by atoms with Gasteiger partial charge in [-0.1, -0.05) is 24.3 Å². The highest BCUT2D eigenvalue weighted by molar-refractivity contribution is 6.07. The van der Waals surface area contributed by atoms with Crippen molar-refractivity contribution in [2.75, 3.05) is 0 Å². The number of benzene rings is 1. The molecular formula is C16H13NO2. The Labute approximate surface area is 110 Å². The van der Waals surface area contributed by atoms with E-state index in [2.05, 4.69) is 4.98 Å². The molecule has 0 radical (unpaired) electrons. The van der Waals surface area contributed by atoms with Gasteiger partial charge in [-0.05, 0) is 24.6 Å². The number of hydrogen-bond donors (Lipinski definition) is 0. The van der Waals surface area contributed by atoms with Crippen molar-refractivity contribution in [2.45, 2.75) is 13.3 Å². The van der Waals surface area contributed by atoms with Crippen molar-refractivity contribution < 1.29 is 9.21 Å². The highest BCUT2D eigenvalue weighted by Gasteiger charge is 2.15. The van der Waals surface area contributed by atoms with Gasteiger partial charge in [0.15, 0.2) is 5.78 Å². The van der Waals surface area contributed by atoms with Gasteiger partial charge in [-0.15, -0.1) is 0 Å². The summed E-state index contributed by atoms with van der Waals surface area (Å²) in [6.45, 7) is 1.96. The van der Waals surface area contributed by atoms with Crippen molar-refractivity contribution in [3.05, 3.63) is 65.7 Å². The zero-order chi connectivity index (χ0) is 13.2. The van der Waals surface area contributed by atoms with E-state index < -0.39 is 0 Å². The molecule has 94 valence electrons. The van der Waals surface area contributed by atoms with E-state index in [9.17, 15) is 4.79 Å². The van der Waals surface area contributed by atoms with E-state index in [1.165, 1.54) is 6.26 Å². The van der Waals surface area contributed by atoms with Crippen LogP contribution in [0.2, 0.25) is 0 Å². The summed E-state index contributed by atoms with van der Waals surface area (Å²) in [5.74, 6) is 0.0340. The molecule has 0 aliphatic carbocycles. The van der Waals surface area contributed by atoms with Crippen LogP contribution < -0.4 is 0 Å². The van der Waals surface area contributed by atoms with Crippen molar-refractivity contribution >= 4 is 16.8 Å². The van der Waals surface area contributed by atoms with E-state index in [4.69, 9.17) is 4.42 Å². The topological polar surface area (TPSA) is 43.1 Å². The van der Waals surface area contributed by atoms with Crippen molar-refractivity contribution in [3.63, 3.8) is 0 Å². The van der Waals surface area contributed by atoms with E-state index in [1.54, 1.807) is 6.20 Å². The minimum absolute atomic E-state index is 0.0340. The molecule has 19 heavy (non-hydrogen) atoms. The fourth-order valence-corrected chi connectivity index (χ4v) is 2.14. The van der Waals surface area contributed by atoms with Crippen LogP contribution in [-0.2, 0) is 6.42 Å². The number of rotatable bonds is 3. The summed E-state index contributed by atoms with van der Waals surface area (Å²) < 4.78 is 5.40. The number of furan rings is 1. The van der Waals surface area contributed by atoms with E-state index in [1.807, 2.05) is 43.3 Å². The first kappa shape index (κ1) is 11.7. The van der Waals surface area contributed by atoms with Crippen LogP contribution in [-0.4, -0.2) is 10.8 Å². The largest absolute Gasteiger partial charge is 0.464 e. The quantitative estimate of drug-likeness (QED) is 0.668. The van der Waals surface area contributed by atoms with Crippen LogP contribution in [0.5, 0.6) is 0 Å². The smallest absolute Gasteiger partial charge is 0.172 e. The predicted molar refractivity (Wildman–Crippen MR) is 73.2 cm³/mol. The van der Waals surface area contributed by atoms with Crippen LogP contribution in [0.1, 0.15) is 21.6 Å². The zero-order valence-electron chi connectivity index (χ0n) is 10.6. The number of carbonyl (C=O) groups excluding carboxylic acids is 1. The number of aryl methyl sites for hydroxylation is 1. The molecule has 2 heterocycles. The van der Waals surface area contributed by atoms with Gasteiger partial charge < -0.3 is 4.42 Å². The summed E-state index contributed by atoms with van der Waals surface area (Å²) >= 11 is 0. The molecule has 3 nitrogen and oxygen atoms in total. The Morgan fingerprint density at radius 2 is 2.05 bits per heavy atom. The fourth-order valence-electron chi connectivity index (χ4n) is 2.14. The first-order valence-electron chi connectivity index (χ1n) is 6.15. The zero-order valence-corrected chi connectivity index (χ0v) is 10.6. The number of aromatic nitrogens is 1. The van der Waals surface area contributed by atoms with Gasteiger partial charge in [0.2, 0.25) is 0 Å². The van der Waals surface area contributed by atoms with E-state index in [-0.39, 0.29) is 5.78 Å². The van der Waals surface area contributed by atoms with Gasteiger partial charge in [-0.3, -0.25) is 9.78 Å². The Hall–Kier alpha value is -2.42. The molecule has 0 fully saturated rings. The van der Waals surface area contributed by atoms with Gasteiger partial charge >= 0.3 is 0 Å². The lowest BCUT2D eigenvalue weighted by atomic mass is 10.0. The molecule has 0 atom stereocenters. The maximum Gasteiger partial charge on any atom is 0.172 e. The SMILES string of the molecule is Cc1cccnc1CC(=O)c1coc2ccccc12. The molecule has 0 aliphatic rings. The molecule has 0 unspecified atom stereocenters. The Balaban J connectivity index is 1.95. The number of hydrogen-bond acceptors (Lipinski definition) is 3. The molecule has 0 N–H and O–H groups in total. The Kier molecular flexibility index (Phi) is 2.88. The van der Waals surface area contributed by atoms with E-state index in [0.717, 1.165) is 22.2 Å². The number of nitrogens with zero attached hydrogens (tertiary/aromatic N) is 1. The molecular weight excluding hydrogens is 238 g/mol. The molecule has 0 saturated carbocycles. The highest BCUT2D eigenvalue weighted by atomic mass is 16.3. The summed E-state index contributed by atoms with van der Waals surface area (Å²) in [4.78, 5) is 16.6. The third-order valence-electron chi connectivity index (χ3n) is 3.23. The van der Waals surface area contributed by atoms with Crippen molar-refractivity contribution in [3.8, 4) is 0 Å². The lowest BCUT2D eigenvalue weighted by Gasteiger charge is -2.02. The molecule has 3 rings (SSSR count). The summed E-state index contributed by atoms with van der Waals surface area (Å²) in [6.07, 6.45) is 3.55. The highest BCUT2D eigenvalue weighted by Crippen LogP contribution is 2.22. The average Bonchev–Trinajstić information content (AvgIpc) is 2.85. The number of fused-ring (bicyclic) bond motifs is 1. The number of pyridine rings is 1. The molecule has 0 spiro atoms. The molecule has 0 bridgehead atoms. The normalized spacial score (nSPS) is 10.8. The minimum Gasteiger partial charge on any atom is -0.464 e. The molecule has 0 saturated heterocycles. The maximum atomic E-state index is 12.3. The van der Waals surface area contributed by atoms with Gasteiger partial charge in [-0.2, -0.15) is 0 Å². The van der Waals surface area contributed by atoms with E-state index >= 15 is 0 Å². The van der Waals surface area contributed by atoms with Crippen LogP contribution in [0.15, 0.2) is 53.3 Å². The second kappa shape index (κ2) is 4.69. The number of ketones is 1. The first-order valence-corrected chi connectivity index (χ1v) is 6.15. The first-order chi connectivity index (χ1) is 9.25. The number of carbonyl (C=O) groups is 1. The molecule has 0 amide bonds. The lowest BCUT2D eigenvalue weighted by molar-refractivity contribution is 0.0992. The van der Waals surface area contributed by atoms with Gasteiger partial charge in [-0.25, -0.2) is 0 Å². The standard InChI is InChI=1S/C16H13NO2/c1-11-5-4-8-17-14(11)9-15(18)13-10-19-16-7-3-2-6-12(13)16/h2-8,10H,9H2,1H3. The minimum atomic E-state index is 0.0340. The summed E-state index contributed by atoms with van der Waals surface area (Å²) in [5.41, 5.74) is 3.21. The van der Waals surface area contributed by atoms with Gasteiger partial charge in [0.1, 0.15) is 11.8 Å². The monoisotopic (exact) mass is 251 g/mol. The number of para-hydroxylation sites is 1. The second-order valence-electron chi connectivity index (χ2n) is 4.51. The predicted octanol–water partition coefficient (Wildman–Crippen LogP) is 3.56. The third-order valence-corrected chi connectivity index (χ3v) is 3.23. The number of Topliss-reactive ketones (excluding diaryl/α,β-unsaturated/α-hetero) is 1. The summed E-state index contributed by atoms with van der Waals surface area (Å²) in [5, 5.41) is 0.862. The third kappa shape index (κ3) is 2.15. The Bertz CT molecular complexity index is 743. The van der Waals surface area contributed by atoms with Crippen LogP contribution in [0, 0.1) is 6.92 Å². The van der Waals surface area contributed by atoms with Crippen molar-refractivity contribution in [1.82, 2.24) is 4.98 Å². The van der Waals surface area contributed by atoms with Gasteiger partial charge in [0.25, 0.3) is 0 Å². The van der Waals surface area contributed by atoms with Crippen molar-refractivity contribution in [1.29, 1.82) is 0 Å². The fraction of sp³-hybridized carbons (Fsp3) is 0.125. The van der Waals surface area contributed by atoms with Crippen LogP contribution >= 0.6 is 0 Å². The van der Waals surface area contributed by atoms with E-state index in [0.29, 0.717) is 12.0 Å².